The number of nitrogens with one attached hydrogen (secondary N) is 1. The standard InChI is InChI=1S/C20H23N9O4/c1-32-20(31)14-7-5-13(6-8-14)11-22-24-19(30)16-15(12-28-9-3-2-4-10-28)23-27-29(16)18-17(21)25-33-26-18/h5-8,11H,2-4,9-10,12H2,1H3,(H2,21,25)(H,24,30)/b22-11+. The van der Waals surface area contributed by atoms with Gasteiger partial charge in [0.15, 0.2) is 5.69 Å². The molecule has 0 aliphatic carbocycles. The van der Waals surface area contributed by atoms with Gasteiger partial charge in [-0.05, 0) is 53.9 Å². The fourth-order valence-corrected chi connectivity index (χ4v) is 3.50. The lowest BCUT2D eigenvalue weighted by Gasteiger charge is -2.25. The van der Waals surface area contributed by atoms with E-state index in [1.807, 2.05) is 0 Å². The Hall–Kier alpha value is -4.13. The third kappa shape index (κ3) is 5.03. The SMILES string of the molecule is COC(=O)c1ccc(/C=N/NC(=O)c2c(CN3CCCCC3)nnn2-c2nonc2N)cc1. The first kappa shape index (κ1) is 22.1. The van der Waals surface area contributed by atoms with Gasteiger partial charge in [0.1, 0.15) is 5.69 Å². The molecule has 3 heterocycles. The Kier molecular flexibility index (Phi) is 6.69. The average Bonchev–Trinajstić information content (AvgIpc) is 3.45. The Balaban J connectivity index is 1.53. The second kappa shape index (κ2) is 9.99. The number of rotatable bonds is 7. The van der Waals surface area contributed by atoms with Gasteiger partial charge in [0.25, 0.3) is 5.91 Å². The number of hydrogen-bond donors (Lipinski definition) is 2. The minimum Gasteiger partial charge on any atom is -0.465 e. The molecule has 172 valence electrons. The highest BCUT2D eigenvalue weighted by Gasteiger charge is 2.26. The molecule has 0 atom stereocenters. The van der Waals surface area contributed by atoms with Crippen molar-refractivity contribution < 1.29 is 19.0 Å². The van der Waals surface area contributed by atoms with Gasteiger partial charge < -0.3 is 10.5 Å². The number of aromatic nitrogens is 5. The van der Waals surface area contributed by atoms with Crippen LogP contribution in [0.2, 0.25) is 0 Å². The Morgan fingerprint density at radius 2 is 1.97 bits per heavy atom. The van der Waals surface area contributed by atoms with Gasteiger partial charge in [-0.2, -0.15) is 9.78 Å². The summed E-state index contributed by atoms with van der Waals surface area (Å²) >= 11 is 0. The van der Waals surface area contributed by atoms with Gasteiger partial charge in [0, 0.05) is 6.54 Å². The van der Waals surface area contributed by atoms with E-state index in [2.05, 4.69) is 45.4 Å². The molecule has 1 amide bonds. The van der Waals surface area contributed by atoms with Crippen molar-refractivity contribution in [3.05, 3.63) is 46.8 Å². The maximum absolute atomic E-state index is 13.0. The molecule has 1 fully saturated rings. The lowest BCUT2D eigenvalue weighted by Crippen LogP contribution is -2.31. The van der Waals surface area contributed by atoms with E-state index in [1.54, 1.807) is 24.3 Å². The van der Waals surface area contributed by atoms with E-state index in [0.717, 1.165) is 25.9 Å². The molecule has 3 N–H and O–H groups in total. The number of amides is 1. The number of carbonyl (C=O) groups excluding carboxylic acids is 2. The van der Waals surface area contributed by atoms with Crippen molar-refractivity contribution >= 4 is 23.9 Å². The molecule has 1 saturated heterocycles. The van der Waals surface area contributed by atoms with Crippen LogP contribution in [0.15, 0.2) is 34.0 Å². The van der Waals surface area contributed by atoms with Gasteiger partial charge in [-0.3, -0.25) is 9.69 Å². The van der Waals surface area contributed by atoms with Crippen molar-refractivity contribution in [1.29, 1.82) is 0 Å². The number of ether oxygens (including phenoxy) is 1. The van der Waals surface area contributed by atoms with Gasteiger partial charge in [0.05, 0.1) is 18.9 Å². The number of esters is 1. The summed E-state index contributed by atoms with van der Waals surface area (Å²) in [6.45, 7) is 2.29. The van der Waals surface area contributed by atoms with E-state index in [-0.39, 0.29) is 17.3 Å². The van der Waals surface area contributed by atoms with Crippen LogP contribution in [0.5, 0.6) is 0 Å². The molecule has 1 aliphatic rings. The molecule has 3 aromatic rings. The number of nitrogens with two attached hydrogens (primary N) is 1. The van der Waals surface area contributed by atoms with Crippen molar-refractivity contribution in [2.75, 3.05) is 25.9 Å². The van der Waals surface area contributed by atoms with Crippen LogP contribution in [0.1, 0.15) is 51.4 Å². The highest BCUT2D eigenvalue weighted by atomic mass is 16.6. The van der Waals surface area contributed by atoms with Crippen molar-refractivity contribution in [2.24, 2.45) is 5.10 Å². The van der Waals surface area contributed by atoms with Crippen LogP contribution in [0.25, 0.3) is 5.82 Å². The topological polar surface area (TPSA) is 167 Å². The van der Waals surface area contributed by atoms with Crippen molar-refractivity contribution in [2.45, 2.75) is 25.8 Å². The number of anilines is 1. The molecule has 0 spiro atoms. The van der Waals surface area contributed by atoms with Crippen LogP contribution in [-0.2, 0) is 11.3 Å². The first-order valence-electron chi connectivity index (χ1n) is 10.3. The third-order valence-corrected chi connectivity index (χ3v) is 5.18. The summed E-state index contributed by atoms with van der Waals surface area (Å²) in [5, 5.41) is 19.5. The number of methoxy groups -OCH3 is 1. The largest absolute Gasteiger partial charge is 0.465 e. The second-order valence-electron chi connectivity index (χ2n) is 7.42. The molecule has 0 unspecified atom stereocenters. The molecular weight excluding hydrogens is 430 g/mol. The van der Waals surface area contributed by atoms with Crippen molar-refractivity contribution in [1.82, 2.24) is 35.6 Å². The minimum atomic E-state index is -0.545. The van der Waals surface area contributed by atoms with E-state index in [1.165, 1.54) is 24.4 Å². The Labute approximate surface area is 188 Å². The molecule has 0 bridgehead atoms. The maximum Gasteiger partial charge on any atom is 0.337 e. The van der Waals surface area contributed by atoms with Crippen LogP contribution in [0, 0.1) is 0 Å². The predicted octanol–water partition coefficient (Wildman–Crippen LogP) is 0.769. The van der Waals surface area contributed by atoms with E-state index in [0.29, 0.717) is 23.4 Å². The summed E-state index contributed by atoms with van der Waals surface area (Å²) in [6.07, 6.45) is 4.82. The quantitative estimate of drug-likeness (QED) is 0.296. The molecular formula is C20H23N9O4. The van der Waals surface area contributed by atoms with Crippen LogP contribution >= 0.6 is 0 Å². The lowest BCUT2D eigenvalue weighted by molar-refractivity contribution is 0.0600. The first-order valence-corrected chi connectivity index (χ1v) is 10.3. The Morgan fingerprint density at radius 1 is 1.21 bits per heavy atom. The molecule has 13 heteroatoms. The van der Waals surface area contributed by atoms with Gasteiger partial charge in [-0.25, -0.2) is 14.8 Å². The fourth-order valence-electron chi connectivity index (χ4n) is 3.50. The van der Waals surface area contributed by atoms with Crippen LogP contribution in [-0.4, -0.2) is 68.5 Å². The molecule has 4 rings (SSSR count). The second-order valence-corrected chi connectivity index (χ2v) is 7.42. The van der Waals surface area contributed by atoms with Crippen molar-refractivity contribution in [3.8, 4) is 5.82 Å². The number of nitrogen functional groups attached to an aromatic ring is 1. The average molecular weight is 453 g/mol. The Morgan fingerprint density at radius 3 is 2.64 bits per heavy atom. The first-order chi connectivity index (χ1) is 16.1. The summed E-state index contributed by atoms with van der Waals surface area (Å²) in [7, 11) is 1.31. The molecule has 0 saturated carbocycles. The van der Waals surface area contributed by atoms with Crippen LogP contribution in [0.4, 0.5) is 5.82 Å². The van der Waals surface area contributed by atoms with Gasteiger partial charge in [0.2, 0.25) is 11.6 Å². The zero-order valence-corrected chi connectivity index (χ0v) is 18.0. The number of piperidine rings is 1. The van der Waals surface area contributed by atoms with E-state index in [4.69, 9.17) is 5.73 Å². The van der Waals surface area contributed by atoms with E-state index < -0.39 is 11.9 Å². The predicted molar refractivity (Wildman–Crippen MR) is 116 cm³/mol. The van der Waals surface area contributed by atoms with E-state index >= 15 is 0 Å². The van der Waals surface area contributed by atoms with Gasteiger partial charge in [-0.15, -0.1) is 5.10 Å². The summed E-state index contributed by atoms with van der Waals surface area (Å²) in [4.78, 5) is 26.8. The highest BCUT2D eigenvalue weighted by Crippen LogP contribution is 2.19. The third-order valence-electron chi connectivity index (χ3n) is 5.18. The number of carbonyl (C=O) groups is 2. The molecule has 0 radical (unpaired) electrons. The molecule has 33 heavy (non-hydrogen) atoms. The summed E-state index contributed by atoms with van der Waals surface area (Å²) in [6, 6.07) is 6.56. The van der Waals surface area contributed by atoms with Crippen LogP contribution < -0.4 is 11.2 Å². The molecule has 1 aromatic carbocycles. The van der Waals surface area contributed by atoms with Crippen molar-refractivity contribution in [3.63, 3.8) is 0 Å². The minimum absolute atomic E-state index is 0.0207. The zero-order valence-electron chi connectivity index (χ0n) is 18.0. The zero-order chi connectivity index (χ0) is 23.2. The fraction of sp³-hybridized carbons (Fsp3) is 0.350. The summed E-state index contributed by atoms with van der Waals surface area (Å²) in [5.74, 6) is -0.931. The lowest BCUT2D eigenvalue weighted by atomic mass is 10.1. The van der Waals surface area contributed by atoms with Gasteiger partial charge in [-0.1, -0.05) is 23.8 Å². The smallest absolute Gasteiger partial charge is 0.337 e. The normalized spacial score (nSPS) is 14.5. The summed E-state index contributed by atoms with van der Waals surface area (Å²) in [5.41, 5.74) is 9.97. The van der Waals surface area contributed by atoms with Crippen LogP contribution in [0.3, 0.4) is 0 Å². The number of hydrazone groups is 1. The number of hydrogen-bond acceptors (Lipinski definition) is 11. The maximum atomic E-state index is 13.0. The van der Waals surface area contributed by atoms with E-state index in [9.17, 15) is 9.59 Å². The number of likely N-dealkylation sites (tertiary alicyclic amines) is 1. The monoisotopic (exact) mass is 453 g/mol. The molecule has 13 nitrogen and oxygen atoms in total. The highest BCUT2D eigenvalue weighted by molar-refractivity contribution is 5.95. The Bertz CT molecular complexity index is 1150. The molecule has 2 aromatic heterocycles. The van der Waals surface area contributed by atoms with Gasteiger partial charge >= 0.3 is 5.97 Å². The number of benzene rings is 1. The summed E-state index contributed by atoms with van der Waals surface area (Å²) < 4.78 is 10.5. The number of nitrogens with zero attached hydrogens (tertiary/aromatic N) is 7. The molecule has 1 aliphatic heterocycles.